The van der Waals surface area contributed by atoms with Crippen molar-refractivity contribution in [3.8, 4) is 17.2 Å². The fraction of sp³-hybridized carbons (Fsp3) is 0.263. The van der Waals surface area contributed by atoms with E-state index in [4.69, 9.17) is 18.9 Å². The molecule has 0 N–H and O–H groups in total. The molecule has 0 bridgehead atoms. The van der Waals surface area contributed by atoms with Crippen molar-refractivity contribution < 1.29 is 28.5 Å². The molecule has 0 unspecified atom stereocenters. The van der Waals surface area contributed by atoms with Gasteiger partial charge in [0.1, 0.15) is 17.4 Å². The van der Waals surface area contributed by atoms with Crippen molar-refractivity contribution in [1.82, 2.24) is 0 Å². The van der Waals surface area contributed by atoms with E-state index in [0.717, 1.165) is 0 Å². The molecule has 1 aliphatic rings. The summed E-state index contributed by atoms with van der Waals surface area (Å²) >= 11 is 0. The van der Waals surface area contributed by atoms with Gasteiger partial charge >= 0.3 is 5.97 Å². The van der Waals surface area contributed by atoms with E-state index in [-0.39, 0.29) is 12.2 Å². The topological polar surface area (TPSA) is 71.1 Å². The number of hydrogen-bond donors (Lipinski definition) is 0. The molecule has 1 aliphatic heterocycles. The number of hydrogen-bond acceptors (Lipinski definition) is 6. The molecule has 2 aromatic rings. The molecule has 6 heteroatoms. The lowest BCUT2D eigenvalue weighted by molar-refractivity contribution is 0.0365. The molecule has 0 fully saturated rings. The van der Waals surface area contributed by atoms with Crippen LogP contribution in [-0.4, -0.2) is 33.1 Å². The quantitative estimate of drug-likeness (QED) is 0.593. The number of ether oxygens (including phenoxy) is 4. The zero-order valence-electron chi connectivity index (χ0n) is 14.2. The summed E-state index contributed by atoms with van der Waals surface area (Å²) in [7, 11) is 4.49. The van der Waals surface area contributed by atoms with Crippen LogP contribution in [0.4, 0.5) is 0 Å². The Labute approximate surface area is 145 Å². The number of carbonyl (C=O) groups excluding carboxylic acids is 2. The maximum Gasteiger partial charge on any atom is 0.343 e. The molecule has 0 saturated heterocycles. The number of carbonyl (C=O) groups is 2. The van der Waals surface area contributed by atoms with Gasteiger partial charge in [-0.3, -0.25) is 4.79 Å². The Morgan fingerprint density at radius 3 is 2.56 bits per heavy atom. The Balaban J connectivity index is 1.89. The Hall–Kier alpha value is -3.02. The monoisotopic (exact) mass is 342 g/mol. The molecule has 0 amide bonds. The van der Waals surface area contributed by atoms with Gasteiger partial charge in [0.2, 0.25) is 0 Å². The second-order valence-corrected chi connectivity index (χ2v) is 5.52. The van der Waals surface area contributed by atoms with E-state index in [1.165, 1.54) is 21.3 Å². The number of fused-ring (bicyclic) bond motifs is 1. The van der Waals surface area contributed by atoms with E-state index in [0.29, 0.717) is 33.9 Å². The van der Waals surface area contributed by atoms with Crippen LogP contribution >= 0.6 is 0 Å². The molecular weight excluding hydrogens is 324 g/mol. The van der Waals surface area contributed by atoms with Gasteiger partial charge in [0, 0.05) is 11.1 Å². The molecule has 130 valence electrons. The molecule has 0 spiro atoms. The van der Waals surface area contributed by atoms with Crippen molar-refractivity contribution >= 4 is 11.8 Å². The second-order valence-electron chi connectivity index (χ2n) is 5.52. The van der Waals surface area contributed by atoms with Crippen molar-refractivity contribution in [1.29, 1.82) is 0 Å². The lowest BCUT2D eigenvalue weighted by Crippen LogP contribution is -2.07. The highest BCUT2D eigenvalue weighted by molar-refractivity contribution is 6.01. The highest BCUT2D eigenvalue weighted by atomic mass is 16.6. The van der Waals surface area contributed by atoms with Crippen molar-refractivity contribution in [2.45, 2.75) is 12.5 Å². The van der Waals surface area contributed by atoms with Crippen molar-refractivity contribution in [3.63, 3.8) is 0 Å². The van der Waals surface area contributed by atoms with E-state index in [9.17, 15) is 9.59 Å². The summed E-state index contributed by atoms with van der Waals surface area (Å²) in [6.45, 7) is 0. The molecular formula is C19H18O6. The Bertz CT molecular complexity index is 827. The summed E-state index contributed by atoms with van der Waals surface area (Å²) in [6, 6.07) is 10.3. The molecule has 1 heterocycles. The maximum atomic E-state index is 12.6. The van der Waals surface area contributed by atoms with Crippen molar-refractivity contribution in [2.24, 2.45) is 0 Å². The molecule has 0 aromatic heterocycles. The molecule has 1 atom stereocenters. The Morgan fingerprint density at radius 2 is 1.88 bits per heavy atom. The van der Waals surface area contributed by atoms with Gasteiger partial charge in [0.15, 0.2) is 17.3 Å². The number of Topliss-reactive ketones (excluding diaryl/α,β-unsaturated/α-hetero) is 1. The number of benzene rings is 2. The highest BCUT2D eigenvalue weighted by Gasteiger charge is 2.36. The van der Waals surface area contributed by atoms with Gasteiger partial charge in [0.25, 0.3) is 0 Å². The fourth-order valence-corrected chi connectivity index (χ4v) is 2.91. The normalized spacial score (nSPS) is 15.3. The molecule has 2 aromatic carbocycles. The number of rotatable bonds is 6. The summed E-state index contributed by atoms with van der Waals surface area (Å²) in [5.41, 5.74) is 1.44. The first-order chi connectivity index (χ1) is 12.1. The van der Waals surface area contributed by atoms with Crippen LogP contribution in [0.1, 0.15) is 38.8 Å². The summed E-state index contributed by atoms with van der Waals surface area (Å²) in [5.74, 6) is 0.703. The summed E-state index contributed by atoms with van der Waals surface area (Å²) in [4.78, 5) is 24.8. The van der Waals surface area contributed by atoms with Crippen LogP contribution < -0.4 is 14.2 Å². The van der Waals surface area contributed by atoms with Crippen LogP contribution in [-0.2, 0) is 4.74 Å². The summed E-state index contributed by atoms with van der Waals surface area (Å²) in [6.07, 6.45) is -0.609. The summed E-state index contributed by atoms with van der Waals surface area (Å²) < 4.78 is 21.0. The average Bonchev–Trinajstić information content (AvgIpc) is 2.96. The van der Waals surface area contributed by atoms with Crippen molar-refractivity contribution in [2.75, 3.05) is 21.3 Å². The standard InChI is InChI=1S/C19H18O6/c1-22-12-6-4-5-11(9-12)14(20)10-16-13-7-8-15(23-2)18(24-3)17(13)19(21)25-16/h4-9,16H,10H2,1-3H3/t16-/m0/s1. The van der Waals surface area contributed by atoms with E-state index in [2.05, 4.69) is 0 Å². The Morgan fingerprint density at radius 1 is 1.08 bits per heavy atom. The largest absolute Gasteiger partial charge is 0.497 e. The van der Waals surface area contributed by atoms with Crippen LogP contribution in [0.5, 0.6) is 17.2 Å². The number of cyclic esters (lactones) is 1. The van der Waals surface area contributed by atoms with Gasteiger partial charge in [0.05, 0.1) is 27.8 Å². The van der Waals surface area contributed by atoms with Crippen LogP contribution in [0.2, 0.25) is 0 Å². The van der Waals surface area contributed by atoms with E-state index in [1.807, 2.05) is 0 Å². The zero-order valence-corrected chi connectivity index (χ0v) is 14.2. The number of ketones is 1. The first-order valence-corrected chi connectivity index (χ1v) is 7.72. The minimum absolute atomic E-state index is 0.0430. The second kappa shape index (κ2) is 6.84. The van der Waals surface area contributed by atoms with E-state index in [1.54, 1.807) is 36.4 Å². The third kappa shape index (κ3) is 3.03. The molecule has 3 rings (SSSR count). The van der Waals surface area contributed by atoms with Crippen LogP contribution in [0.3, 0.4) is 0 Å². The minimum Gasteiger partial charge on any atom is -0.497 e. The first-order valence-electron chi connectivity index (χ1n) is 7.72. The number of methoxy groups -OCH3 is 3. The lowest BCUT2D eigenvalue weighted by atomic mass is 9.97. The van der Waals surface area contributed by atoms with Gasteiger partial charge in [-0.2, -0.15) is 0 Å². The predicted octanol–water partition coefficient (Wildman–Crippen LogP) is 3.20. The highest BCUT2D eigenvalue weighted by Crippen LogP contribution is 2.43. The van der Waals surface area contributed by atoms with Crippen LogP contribution in [0, 0.1) is 0 Å². The van der Waals surface area contributed by atoms with Gasteiger partial charge in [-0.25, -0.2) is 4.79 Å². The SMILES string of the molecule is COc1cccc(C(=O)C[C@@H]2OC(=O)c3c2ccc(OC)c3OC)c1. The zero-order chi connectivity index (χ0) is 18.0. The van der Waals surface area contributed by atoms with Gasteiger partial charge in [-0.1, -0.05) is 18.2 Å². The van der Waals surface area contributed by atoms with Gasteiger partial charge in [-0.05, 0) is 18.2 Å². The first kappa shape index (κ1) is 16.8. The number of esters is 1. The molecule has 0 saturated carbocycles. The minimum atomic E-state index is -0.652. The fourth-order valence-electron chi connectivity index (χ4n) is 2.91. The third-order valence-corrected chi connectivity index (χ3v) is 4.14. The van der Waals surface area contributed by atoms with E-state index < -0.39 is 12.1 Å². The van der Waals surface area contributed by atoms with Crippen LogP contribution in [0.15, 0.2) is 36.4 Å². The molecule has 6 nitrogen and oxygen atoms in total. The molecule has 25 heavy (non-hydrogen) atoms. The Kier molecular flexibility index (Phi) is 4.61. The van der Waals surface area contributed by atoms with Gasteiger partial charge in [-0.15, -0.1) is 0 Å². The van der Waals surface area contributed by atoms with Gasteiger partial charge < -0.3 is 18.9 Å². The summed E-state index contributed by atoms with van der Waals surface area (Å²) in [5, 5.41) is 0. The van der Waals surface area contributed by atoms with Crippen LogP contribution in [0.25, 0.3) is 0 Å². The maximum absolute atomic E-state index is 12.6. The third-order valence-electron chi connectivity index (χ3n) is 4.14. The molecule has 0 radical (unpaired) electrons. The van der Waals surface area contributed by atoms with Crippen molar-refractivity contribution in [3.05, 3.63) is 53.1 Å². The lowest BCUT2D eigenvalue weighted by Gasteiger charge is -2.12. The van der Waals surface area contributed by atoms with E-state index >= 15 is 0 Å². The molecule has 0 aliphatic carbocycles. The smallest absolute Gasteiger partial charge is 0.343 e. The predicted molar refractivity (Wildman–Crippen MR) is 89.6 cm³/mol. The average molecular weight is 342 g/mol.